The van der Waals surface area contributed by atoms with E-state index in [0.717, 1.165) is 47.2 Å². The standard InChI is InChI=1S/C25H22Cl3N3O4.C18H20N2O3/c1-35-23(33)25(8-4-5-9-25)31-22(32)17-10-14-6-2-3-7-15(14)11-20(17)29-24(34)30-21-18(27)12-16(26)13-19(21)28;1-23-17(22)18(8-4-5-9-18)20-16(21)14-10-12-6-2-3-7-13(12)11-15(14)19/h2-3,6-7,10-13H,4-5,8-9H2,1H3,(H,31,32)(H2,29,30,34);2-3,6-7,10-11H,4-5,8-9,19H2,1H3,(H,20,21). The minimum atomic E-state index is -1.10. The van der Waals surface area contributed by atoms with Crippen LogP contribution in [0.15, 0.2) is 84.9 Å². The number of amides is 4. The van der Waals surface area contributed by atoms with Gasteiger partial charge in [0.15, 0.2) is 0 Å². The Balaban J connectivity index is 0.000000213. The second-order valence-corrected chi connectivity index (χ2v) is 15.6. The maximum absolute atomic E-state index is 13.4. The number of methoxy groups -OCH3 is 2. The number of ether oxygens (including phenoxy) is 2. The van der Waals surface area contributed by atoms with Crippen LogP contribution >= 0.6 is 34.8 Å². The minimum Gasteiger partial charge on any atom is -0.467 e. The number of nitrogen functional groups attached to an aromatic ring is 1. The molecule has 12 nitrogen and oxygen atoms in total. The molecule has 0 spiro atoms. The predicted octanol–water partition coefficient (Wildman–Crippen LogP) is 9.30. The molecule has 5 aromatic rings. The number of nitrogens with one attached hydrogen (secondary N) is 4. The highest BCUT2D eigenvalue weighted by molar-refractivity contribution is 6.42. The molecule has 5 aromatic carbocycles. The molecule has 0 heterocycles. The van der Waals surface area contributed by atoms with Crippen molar-refractivity contribution in [1.29, 1.82) is 0 Å². The molecule has 2 saturated carbocycles. The molecule has 0 atom stereocenters. The maximum Gasteiger partial charge on any atom is 0.331 e. The van der Waals surface area contributed by atoms with Crippen molar-refractivity contribution in [2.45, 2.75) is 62.4 Å². The number of esters is 2. The lowest BCUT2D eigenvalue weighted by Crippen LogP contribution is -2.53. The van der Waals surface area contributed by atoms with Gasteiger partial charge in [0.2, 0.25) is 0 Å². The molecule has 15 heteroatoms. The Morgan fingerprint density at radius 3 is 1.47 bits per heavy atom. The molecule has 302 valence electrons. The van der Waals surface area contributed by atoms with E-state index in [1.807, 2.05) is 48.5 Å². The molecular formula is C43H42Cl3N5O7. The summed E-state index contributed by atoms with van der Waals surface area (Å²) in [5, 5.41) is 15.2. The normalized spacial score (nSPS) is 15.1. The lowest BCUT2D eigenvalue weighted by molar-refractivity contribution is -0.148. The number of hydrogen-bond acceptors (Lipinski definition) is 8. The number of hydrogen-bond donors (Lipinski definition) is 5. The van der Waals surface area contributed by atoms with E-state index in [9.17, 15) is 24.0 Å². The molecule has 0 unspecified atom stereocenters. The Labute approximate surface area is 350 Å². The summed E-state index contributed by atoms with van der Waals surface area (Å²) < 4.78 is 9.86. The van der Waals surface area contributed by atoms with Crippen molar-refractivity contribution in [2.75, 3.05) is 30.6 Å². The number of nitrogens with two attached hydrogens (primary N) is 1. The Morgan fingerprint density at radius 1 is 0.586 bits per heavy atom. The highest BCUT2D eigenvalue weighted by atomic mass is 35.5. The largest absolute Gasteiger partial charge is 0.467 e. The number of rotatable bonds is 8. The summed E-state index contributed by atoms with van der Waals surface area (Å²) in [6, 6.07) is 24.3. The fourth-order valence-electron chi connectivity index (χ4n) is 7.59. The van der Waals surface area contributed by atoms with E-state index >= 15 is 0 Å². The van der Waals surface area contributed by atoms with E-state index in [-0.39, 0.29) is 38.9 Å². The van der Waals surface area contributed by atoms with E-state index in [4.69, 9.17) is 50.0 Å². The number of carbonyl (C=O) groups is 5. The first-order chi connectivity index (χ1) is 27.8. The Bertz CT molecular complexity index is 2390. The van der Waals surface area contributed by atoms with Gasteiger partial charge in [0.1, 0.15) is 11.1 Å². The first kappa shape index (κ1) is 42.1. The summed E-state index contributed by atoms with van der Waals surface area (Å²) >= 11 is 18.3. The molecule has 7 rings (SSSR count). The molecule has 2 aliphatic rings. The van der Waals surface area contributed by atoms with Crippen LogP contribution in [0.3, 0.4) is 0 Å². The molecule has 0 saturated heterocycles. The number of fused-ring (bicyclic) bond motifs is 2. The molecular weight excluding hydrogens is 805 g/mol. The van der Waals surface area contributed by atoms with Crippen LogP contribution in [0.1, 0.15) is 72.1 Å². The predicted molar refractivity (Wildman–Crippen MR) is 228 cm³/mol. The summed E-state index contributed by atoms with van der Waals surface area (Å²) in [5.74, 6) is -1.70. The van der Waals surface area contributed by atoms with Gasteiger partial charge in [-0.05, 0) is 83.6 Å². The molecule has 0 aliphatic heterocycles. The van der Waals surface area contributed by atoms with Gasteiger partial charge in [-0.1, -0.05) is 109 Å². The molecule has 58 heavy (non-hydrogen) atoms. The quantitative estimate of drug-likeness (QED) is 0.0758. The first-order valence-corrected chi connectivity index (χ1v) is 19.8. The number of halogens is 3. The third-order valence-corrected chi connectivity index (χ3v) is 11.4. The molecule has 2 aliphatic carbocycles. The van der Waals surface area contributed by atoms with Gasteiger partial charge in [-0.25, -0.2) is 14.4 Å². The van der Waals surface area contributed by atoms with Crippen LogP contribution in [0.4, 0.5) is 21.9 Å². The van der Waals surface area contributed by atoms with Crippen LogP contribution in [0.25, 0.3) is 21.5 Å². The van der Waals surface area contributed by atoms with Gasteiger partial charge in [-0.15, -0.1) is 0 Å². The van der Waals surface area contributed by atoms with Crippen LogP contribution in [0.5, 0.6) is 0 Å². The van der Waals surface area contributed by atoms with Crippen LogP contribution < -0.4 is 27.0 Å². The van der Waals surface area contributed by atoms with E-state index < -0.39 is 29.0 Å². The van der Waals surface area contributed by atoms with Gasteiger partial charge in [0, 0.05) is 10.7 Å². The average Bonchev–Trinajstić information content (AvgIpc) is 3.89. The molecule has 0 aromatic heterocycles. The van der Waals surface area contributed by atoms with Gasteiger partial charge in [-0.2, -0.15) is 0 Å². The highest BCUT2D eigenvalue weighted by Gasteiger charge is 2.45. The van der Waals surface area contributed by atoms with Gasteiger partial charge >= 0.3 is 18.0 Å². The van der Waals surface area contributed by atoms with Crippen molar-refractivity contribution in [3.8, 4) is 0 Å². The van der Waals surface area contributed by atoms with Gasteiger partial charge < -0.3 is 36.5 Å². The number of benzene rings is 5. The summed E-state index contributed by atoms with van der Waals surface area (Å²) in [7, 11) is 2.65. The molecule has 4 amide bonds. The summed E-state index contributed by atoms with van der Waals surface area (Å²) in [6.07, 6.45) is 5.53. The SMILES string of the molecule is COC(=O)C1(NC(=O)c2cc3ccccc3cc2N)CCCC1.COC(=O)C1(NC(=O)c2cc3ccccc3cc2NC(=O)Nc2c(Cl)cc(Cl)cc2Cl)CCCC1. The minimum absolute atomic E-state index is 0.162. The van der Waals surface area contributed by atoms with Gasteiger partial charge in [0.05, 0.1) is 46.8 Å². The van der Waals surface area contributed by atoms with Crippen molar-refractivity contribution in [3.05, 3.63) is 111 Å². The zero-order valence-electron chi connectivity index (χ0n) is 31.8. The van der Waals surface area contributed by atoms with Crippen molar-refractivity contribution >= 4 is 103 Å². The zero-order valence-corrected chi connectivity index (χ0v) is 34.1. The van der Waals surface area contributed by atoms with E-state index in [2.05, 4.69) is 21.3 Å². The summed E-state index contributed by atoms with van der Waals surface area (Å²) in [5.41, 5.74) is 5.43. The molecule has 0 bridgehead atoms. The third kappa shape index (κ3) is 9.09. The zero-order chi connectivity index (χ0) is 41.6. The van der Waals surface area contributed by atoms with Gasteiger partial charge in [0.25, 0.3) is 11.8 Å². The first-order valence-electron chi connectivity index (χ1n) is 18.6. The summed E-state index contributed by atoms with van der Waals surface area (Å²) in [4.78, 5) is 63.6. The van der Waals surface area contributed by atoms with Crippen molar-refractivity contribution in [3.63, 3.8) is 0 Å². The fraction of sp³-hybridized carbons (Fsp3) is 0.279. The monoisotopic (exact) mass is 845 g/mol. The Morgan fingerprint density at radius 2 is 1.00 bits per heavy atom. The lowest BCUT2D eigenvalue weighted by Gasteiger charge is -2.27. The molecule has 2 fully saturated rings. The van der Waals surface area contributed by atoms with E-state index in [1.165, 1.54) is 26.4 Å². The Hall–Kier alpha value is -5.56. The maximum atomic E-state index is 13.4. The van der Waals surface area contributed by atoms with E-state index in [1.54, 1.807) is 24.3 Å². The topological polar surface area (TPSA) is 178 Å². The number of anilines is 3. The van der Waals surface area contributed by atoms with Crippen LogP contribution in [0.2, 0.25) is 15.1 Å². The second-order valence-electron chi connectivity index (χ2n) is 14.3. The smallest absolute Gasteiger partial charge is 0.331 e. The van der Waals surface area contributed by atoms with Crippen molar-refractivity contribution in [2.24, 2.45) is 0 Å². The van der Waals surface area contributed by atoms with Crippen LogP contribution in [-0.4, -0.2) is 55.1 Å². The second kappa shape index (κ2) is 17.9. The van der Waals surface area contributed by atoms with E-state index in [0.29, 0.717) is 42.0 Å². The van der Waals surface area contributed by atoms with Crippen molar-refractivity contribution in [1.82, 2.24) is 10.6 Å². The van der Waals surface area contributed by atoms with Crippen LogP contribution in [-0.2, 0) is 19.1 Å². The average molecular weight is 847 g/mol. The van der Waals surface area contributed by atoms with Gasteiger partial charge in [-0.3, -0.25) is 9.59 Å². The summed E-state index contributed by atoms with van der Waals surface area (Å²) in [6.45, 7) is 0. The number of carbonyl (C=O) groups excluding carboxylic acids is 5. The molecule has 6 N–H and O–H groups in total. The number of urea groups is 1. The van der Waals surface area contributed by atoms with Crippen LogP contribution in [0, 0.1) is 0 Å². The highest BCUT2D eigenvalue weighted by Crippen LogP contribution is 2.36. The lowest BCUT2D eigenvalue weighted by atomic mass is 9.96. The molecule has 0 radical (unpaired) electrons. The third-order valence-electron chi connectivity index (χ3n) is 10.6. The fourth-order valence-corrected chi connectivity index (χ4v) is 8.50. The Kier molecular flexibility index (Phi) is 13.0. The van der Waals surface area contributed by atoms with Crippen molar-refractivity contribution < 1.29 is 33.4 Å².